The summed E-state index contributed by atoms with van der Waals surface area (Å²) in [5, 5.41) is 8.99. The zero-order chi connectivity index (χ0) is 14.9. The summed E-state index contributed by atoms with van der Waals surface area (Å²) in [6.45, 7) is 2.05. The van der Waals surface area contributed by atoms with Crippen molar-refractivity contribution >= 4 is 17.8 Å². The van der Waals surface area contributed by atoms with Gasteiger partial charge in [-0.3, -0.25) is 9.59 Å². The number of carboxylic acids is 1. The van der Waals surface area contributed by atoms with E-state index < -0.39 is 23.7 Å². The van der Waals surface area contributed by atoms with Gasteiger partial charge in [-0.05, 0) is 19.8 Å². The molecule has 1 saturated heterocycles. The summed E-state index contributed by atoms with van der Waals surface area (Å²) < 4.78 is 0. The smallest absolute Gasteiger partial charge is 0.354 e. The lowest BCUT2D eigenvalue weighted by molar-refractivity contribution is -0.123. The van der Waals surface area contributed by atoms with Gasteiger partial charge < -0.3 is 20.7 Å². The first-order valence-electron chi connectivity index (χ1n) is 6.28. The van der Waals surface area contributed by atoms with Gasteiger partial charge in [-0.25, -0.2) is 9.78 Å². The molecule has 2 heterocycles. The fourth-order valence-electron chi connectivity index (χ4n) is 2.38. The van der Waals surface area contributed by atoms with Crippen molar-refractivity contribution < 1.29 is 19.5 Å². The summed E-state index contributed by atoms with van der Waals surface area (Å²) in [6, 6.07) is -0.0866. The third kappa shape index (κ3) is 2.49. The number of aromatic amines is 1. The van der Waals surface area contributed by atoms with Crippen LogP contribution in [0.3, 0.4) is 0 Å². The molecule has 108 valence electrons. The molecule has 1 aliphatic heterocycles. The number of primary amides is 1. The maximum Gasteiger partial charge on any atom is 0.354 e. The number of hydrogen-bond acceptors (Lipinski definition) is 4. The Labute approximate surface area is 115 Å². The third-order valence-electron chi connectivity index (χ3n) is 3.60. The van der Waals surface area contributed by atoms with E-state index in [9.17, 15) is 14.4 Å². The lowest BCUT2D eigenvalue weighted by atomic mass is 9.92. The first-order valence-corrected chi connectivity index (χ1v) is 6.28. The molecule has 1 aromatic rings. The Bertz CT molecular complexity index is 553. The Hall–Kier alpha value is -2.38. The summed E-state index contributed by atoms with van der Waals surface area (Å²) in [4.78, 5) is 42.3. The Kier molecular flexibility index (Phi) is 3.73. The van der Waals surface area contributed by atoms with Crippen molar-refractivity contribution in [3.05, 3.63) is 17.7 Å². The third-order valence-corrected chi connectivity index (χ3v) is 3.60. The van der Waals surface area contributed by atoms with E-state index in [4.69, 9.17) is 10.8 Å². The minimum absolute atomic E-state index is 0.0866. The molecule has 20 heavy (non-hydrogen) atoms. The SMILES string of the molecule is CC1CCC(C(N)=O)CN1C(=O)c1nc[nH]c1C(=O)O. The molecule has 4 N–H and O–H groups in total. The van der Waals surface area contributed by atoms with Crippen LogP contribution >= 0.6 is 0 Å². The molecule has 0 saturated carbocycles. The number of H-pyrrole nitrogens is 1. The number of nitrogens with one attached hydrogen (secondary N) is 1. The van der Waals surface area contributed by atoms with Crippen LogP contribution in [0.4, 0.5) is 0 Å². The number of nitrogens with zero attached hydrogens (tertiary/aromatic N) is 2. The highest BCUT2D eigenvalue weighted by Gasteiger charge is 2.34. The van der Waals surface area contributed by atoms with Crippen LogP contribution in [0.25, 0.3) is 0 Å². The summed E-state index contributed by atoms with van der Waals surface area (Å²) in [5.41, 5.74) is 4.89. The predicted octanol–water partition coefficient (Wildman–Crippen LogP) is -0.166. The molecular formula is C12H16N4O4. The molecule has 1 aliphatic rings. The zero-order valence-electron chi connectivity index (χ0n) is 11.0. The van der Waals surface area contributed by atoms with Gasteiger partial charge in [0.15, 0.2) is 11.4 Å². The van der Waals surface area contributed by atoms with E-state index in [1.165, 1.54) is 4.90 Å². The molecule has 8 heteroatoms. The van der Waals surface area contributed by atoms with Crippen LogP contribution in [0.15, 0.2) is 6.33 Å². The summed E-state index contributed by atoms with van der Waals surface area (Å²) >= 11 is 0. The van der Waals surface area contributed by atoms with E-state index >= 15 is 0 Å². The highest BCUT2D eigenvalue weighted by Crippen LogP contribution is 2.23. The number of nitrogens with two attached hydrogens (primary N) is 1. The van der Waals surface area contributed by atoms with Crippen LogP contribution in [0.1, 0.15) is 40.7 Å². The van der Waals surface area contributed by atoms with Crippen molar-refractivity contribution in [1.29, 1.82) is 0 Å². The molecule has 0 spiro atoms. The number of amides is 2. The quantitative estimate of drug-likeness (QED) is 0.708. The zero-order valence-corrected chi connectivity index (χ0v) is 11.0. The normalized spacial score (nSPS) is 22.6. The average Bonchev–Trinajstić information content (AvgIpc) is 2.87. The minimum Gasteiger partial charge on any atom is -0.477 e. The molecular weight excluding hydrogens is 264 g/mol. The lowest BCUT2D eigenvalue weighted by Gasteiger charge is -2.36. The molecule has 2 atom stereocenters. The molecule has 0 aliphatic carbocycles. The predicted molar refractivity (Wildman–Crippen MR) is 68.0 cm³/mol. The van der Waals surface area contributed by atoms with Crippen LogP contribution in [-0.4, -0.2) is 50.3 Å². The summed E-state index contributed by atoms with van der Waals surface area (Å²) in [6.07, 6.45) is 2.44. The van der Waals surface area contributed by atoms with Gasteiger partial charge in [0.05, 0.1) is 12.2 Å². The maximum atomic E-state index is 12.4. The van der Waals surface area contributed by atoms with Gasteiger partial charge in [-0.1, -0.05) is 0 Å². The second kappa shape index (κ2) is 5.32. The highest BCUT2D eigenvalue weighted by atomic mass is 16.4. The van der Waals surface area contributed by atoms with Crippen molar-refractivity contribution in [3.63, 3.8) is 0 Å². The Morgan fingerprint density at radius 1 is 1.45 bits per heavy atom. The number of likely N-dealkylation sites (tertiary alicyclic amines) is 1. The standard InChI is InChI=1S/C12H16N4O4/c1-6-2-3-7(10(13)17)4-16(6)11(18)8-9(12(19)20)15-5-14-8/h5-7H,2-4H2,1H3,(H2,13,17)(H,14,15)(H,19,20). The fourth-order valence-corrected chi connectivity index (χ4v) is 2.38. The molecule has 1 fully saturated rings. The number of hydrogen-bond donors (Lipinski definition) is 3. The first kappa shape index (κ1) is 14.0. The Balaban J connectivity index is 2.24. The fraction of sp³-hybridized carbons (Fsp3) is 0.500. The molecule has 2 amide bonds. The second-order valence-corrected chi connectivity index (χ2v) is 4.91. The Morgan fingerprint density at radius 3 is 2.75 bits per heavy atom. The molecule has 0 bridgehead atoms. The molecule has 2 rings (SSSR count). The summed E-state index contributed by atoms with van der Waals surface area (Å²) in [7, 11) is 0. The van der Waals surface area contributed by atoms with Gasteiger partial charge in [0.1, 0.15) is 0 Å². The van der Waals surface area contributed by atoms with Crippen molar-refractivity contribution in [2.45, 2.75) is 25.8 Å². The molecule has 2 unspecified atom stereocenters. The number of piperidine rings is 1. The van der Waals surface area contributed by atoms with E-state index in [2.05, 4.69) is 9.97 Å². The molecule has 8 nitrogen and oxygen atoms in total. The average molecular weight is 280 g/mol. The number of aromatic nitrogens is 2. The monoisotopic (exact) mass is 280 g/mol. The van der Waals surface area contributed by atoms with Crippen LogP contribution in [0, 0.1) is 5.92 Å². The van der Waals surface area contributed by atoms with Crippen LogP contribution < -0.4 is 5.73 Å². The Morgan fingerprint density at radius 2 is 2.15 bits per heavy atom. The number of carbonyl (C=O) groups is 3. The van der Waals surface area contributed by atoms with Gasteiger partial charge in [0.2, 0.25) is 5.91 Å². The van der Waals surface area contributed by atoms with E-state index in [0.717, 1.165) is 6.33 Å². The van der Waals surface area contributed by atoms with E-state index in [-0.39, 0.29) is 24.0 Å². The highest BCUT2D eigenvalue weighted by molar-refractivity contribution is 6.02. The van der Waals surface area contributed by atoms with Crippen LogP contribution in [0.5, 0.6) is 0 Å². The van der Waals surface area contributed by atoms with E-state index in [0.29, 0.717) is 12.8 Å². The van der Waals surface area contributed by atoms with Crippen molar-refractivity contribution in [3.8, 4) is 0 Å². The molecule has 1 aromatic heterocycles. The number of carbonyl (C=O) groups excluding carboxylic acids is 2. The topological polar surface area (TPSA) is 129 Å². The van der Waals surface area contributed by atoms with E-state index in [1.807, 2.05) is 6.92 Å². The van der Waals surface area contributed by atoms with Gasteiger partial charge in [-0.15, -0.1) is 0 Å². The number of carboxylic acid groups (broad SMARTS) is 1. The van der Waals surface area contributed by atoms with Crippen molar-refractivity contribution in [2.75, 3.05) is 6.54 Å². The molecule has 0 aromatic carbocycles. The van der Waals surface area contributed by atoms with E-state index in [1.54, 1.807) is 0 Å². The molecule has 0 radical (unpaired) electrons. The maximum absolute atomic E-state index is 12.4. The van der Waals surface area contributed by atoms with Gasteiger partial charge in [0, 0.05) is 12.6 Å². The van der Waals surface area contributed by atoms with Crippen molar-refractivity contribution in [2.24, 2.45) is 11.7 Å². The van der Waals surface area contributed by atoms with Crippen LogP contribution in [-0.2, 0) is 4.79 Å². The summed E-state index contributed by atoms with van der Waals surface area (Å²) in [5.74, 6) is -2.60. The number of imidazole rings is 1. The van der Waals surface area contributed by atoms with Gasteiger partial charge in [-0.2, -0.15) is 0 Å². The number of aromatic carboxylic acids is 1. The van der Waals surface area contributed by atoms with Crippen LogP contribution in [0.2, 0.25) is 0 Å². The van der Waals surface area contributed by atoms with Crippen molar-refractivity contribution in [1.82, 2.24) is 14.9 Å². The second-order valence-electron chi connectivity index (χ2n) is 4.91. The van der Waals surface area contributed by atoms with Gasteiger partial charge >= 0.3 is 5.97 Å². The van der Waals surface area contributed by atoms with Gasteiger partial charge in [0.25, 0.3) is 5.91 Å². The number of rotatable bonds is 3. The first-order chi connectivity index (χ1) is 9.41. The minimum atomic E-state index is -1.25. The largest absolute Gasteiger partial charge is 0.477 e. The lowest BCUT2D eigenvalue weighted by Crippen LogP contribution is -2.49.